The van der Waals surface area contributed by atoms with E-state index in [9.17, 15) is 10.2 Å². The van der Waals surface area contributed by atoms with E-state index in [1.165, 1.54) is 0 Å². The minimum Gasteiger partial charge on any atom is -0.388 e. The summed E-state index contributed by atoms with van der Waals surface area (Å²) in [5, 5.41) is 19.3. The summed E-state index contributed by atoms with van der Waals surface area (Å²) in [6.07, 6.45) is -3.50. The third-order valence-electron chi connectivity index (χ3n) is 2.60. The van der Waals surface area contributed by atoms with E-state index in [4.69, 9.17) is 14.2 Å². The van der Waals surface area contributed by atoms with Crippen molar-refractivity contribution in [3.05, 3.63) is 0 Å². The fourth-order valence-corrected chi connectivity index (χ4v) is 1.86. The quantitative estimate of drug-likeness (QED) is 0.372. The predicted molar refractivity (Wildman–Crippen MR) is 46.4 cm³/mol. The van der Waals surface area contributed by atoms with Crippen molar-refractivity contribution in [1.82, 2.24) is 0 Å². The van der Waals surface area contributed by atoms with Gasteiger partial charge < -0.3 is 24.4 Å². The molecule has 2 fully saturated rings. The Bertz CT molecular complexity index is 238. The van der Waals surface area contributed by atoms with Crippen LogP contribution in [0, 0.1) is 88.1 Å². The normalized spacial score (nSPS) is 45.2. The van der Waals surface area contributed by atoms with Crippen molar-refractivity contribution in [1.29, 1.82) is 0 Å². The van der Waals surface area contributed by atoms with Gasteiger partial charge in [0.05, 0.1) is 6.10 Å². The van der Waals surface area contributed by atoms with Crippen LogP contribution in [0.4, 0.5) is 0 Å². The molecule has 2 heterocycles. The van der Waals surface area contributed by atoms with Gasteiger partial charge in [0.25, 0.3) is 0 Å². The largest absolute Gasteiger partial charge is 0.388 e. The topological polar surface area (TPSA) is 68.2 Å². The Morgan fingerprint density at radius 3 is 2.12 bits per heavy atom. The van der Waals surface area contributed by atoms with Crippen LogP contribution in [-0.4, -0.2) is 46.7 Å². The first-order valence-electron chi connectivity index (χ1n) is 4.78. The summed E-state index contributed by atoms with van der Waals surface area (Å²) in [4.78, 5) is 0. The van der Waals surface area contributed by atoms with Gasteiger partial charge in [-0.05, 0) is 20.8 Å². The molecule has 2 saturated heterocycles. The number of hydrogen-bond donors (Lipinski definition) is 2. The van der Waals surface area contributed by atoms with E-state index in [1.54, 1.807) is 20.8 Å². The van der Waals surface area contributed by atoms with E-state index in [0.29, 0.717) is 0 Å². The summed E-state index contributed by atoms with van der Waals surface area (Å²) >= 11 is 0. The van der Waals surface area contributed by atoms with Gasteiger partial charge in [-0.2, -0.15) is 0 Å². The first-order chi connectivity index (χ1) is 6.41. The van der Waals surface area contributed by atoms with Gasteiger partial charge in [0, 0.05) is 88.1 Å². The average Bonchev–Trinajstić information content (AvgIpc) is 2.37. The Labute approximate surface area is 167 Å². The molecule has 5 atom stereocenters. The Kier molecular flexibility index (Phi) is 8.07. The van der Waals surface area contributed by atoms with E-state index >= 15 is 0 Å². The maximum absolute atomic E-state index is 9.72. The van der Waals surface area contributed by atoms with Gasteiger partial charge in [-0.25, -0.2) is 0 Å². The predicted octanol–water partition coefficient (Wildman–Crippen LogP) is -0.396. The minimum atomic E-state index is -0.953. The Morgan fingerprint density at radius 1 is 1.00 bits per heavy atom. The molecule has 7 heteroatoms. The third-order valence-corrected chi connectivity index (χ3v) is 2.60. The zero-order valence-corrected chi connectivity index (χ0v) is 19.2. The second kappa shape index (κ2) is 6.91. The summed E-state index contributed by atoms with van der Waals surface area (Å²) in [5.41, 5.74) is 0. The van der Waals surface area contributed by atoms with Crippen molar-refractivity contribution in [2.24, 2.45) is 0 Å². The molecule has 2 aliphatic rings. The summed E-state index contributed by atoms with van der Waals surface area (Å²) in [6.45, 7) is 5.19. The van der Waals surface area contributed by atoms with Crippen LogP contribution in [-0.2, 0) is 14.2 Å². The first-order valence-corrected chi connectivity index (χ1v) is 4.78. The van der Waals surface area contributed by atoms with E-state index < -0.39 is 36.5 Å². The molecule has 0 aliphatic carbocycles. The fraction of sp³-hybridized carbons (Fsp3) is 1.00. The number of rotatable bonds is 0. The second-order valence-electron chi connectivity index (χ2n) is 4.29. The smallest absolute Gasteiger partial charge is 0.190 e. The first kappa shape index (κ1) is 18.7. The molecule has 2 aliphatic heterocycles. The molecular weight excluding hydrogens is 642 g/mol. The molecule has 2 radical (unpaired) electrons. The molecule has 0 aromatic carbocycles. The van der Waals surface area contributed by atoms with Crippen LogP contribution < -0.4 is 0 Å². The number of ether oxygens (including phenoxy) is 3. The van der Waals surface area contributed by atoms with Crippen LogP contribution in [0.1, 0.15) is 20.8 Å². The van der Waals surface area contributed by atoms with Crippen molar-refractivity contribution in [3.63, 3.8) is 0 Å². The Hall–Kier alpha value is 2.68. The minimum absolute atomic E-state index is 0. The molecule has 0 amide bonds. The molecule has 0 aromatic rings. The van der Waals surface area contributed by atoms with Crippen molar-refractivity contribution in [2.75, 3.05) is 0 Å². The van der Waals surface area contributed by atoms with Crippen molar-refractivity contribution < 1.29 is 113 Å². The molecule has 0 bridgehead atoms. The number of hydrogen-bond acceptors (Lipinski definition) is 5. The molecule has 5 nitrogen and oxygen atoms in total. The van der Waals surface area contributed by atoms with Crippen LogP contribution in [0.5, 0.6) is 0 Å². The Morgan fingerprint density at radius 2 is 1.56 bits per heavy atom. The number of fused-ring (bicyclic) bond motifs is 1. The van der Waals surface area contributed by atoms with Gasteiger partial charge in [0.1, 0.15) is 18.3 Å². The number of aliphatic hydroxyl groups excluding tert-OH is 2. The van der Waals surface area contributed by atoms with Crippen LogP contribution in [0.2, 0.25) is 0 Å². The zero-order chi connectivity index (χ0) is 10.5. The van der Waals surface area contributed by atoms with Gasteiger partial charge in [-0.15, -0.1) is 0 Å². The molecule has 16 heavy (non-hydrogen) atoms. The standard InChI is InChI=1S/C9H16O5.2Ac/c1-4-5(10)6(11)7-8(12-4)14-9(2,3)13-7;;/h4-8,10-11H,1-3H3;;. The summed E-state index contributed by atoms with van der Waals surface area (Å²) < 4.78 is 16.2. The maximum atomic E-state index is 9.72. The average molecular weight is 658 g/mol. The van der Waals surface area contributed by atoms with Gasteiger partial charge in [-0.3, -0.25) is 0 Å². The molecule has 88 valence electrons. The molecule has 2 rings (SSSR count). The van der Waals surface area contributed by atoms with Gasteiger partial charge in [0.2, 0.25) is 0 Å². The van der Waals surface area contributed by atoms with Crippen LogP contribution >= 0.6 is 0 Å². The third kappa shape index (κ3) is 3.84. The van der Waals surface area contributed by atoms with Crippen LogP contribution in [0.25, 0.3) is 0 Å². The Balaban J connectivity index is 0.00000112. The fourth-order valence-electron chi connectivity index (χ4n) is 1.86. The molecule has 5 unspecified atom stereocenters. The summed E-state index contributed by atoms with van der Waals surface area (Å²) in [6, 6.07) is 0. The molecular formula is C9H16Ac2O5. The monoisotopic (exact) mass is 658 g/mol. The van der Waals surface area contributed by atoms with E-state index in [1.807, 2.05) is 0 Å². The SMILES string of the molecule is CC1OC2OC(C)(C)OC2C(O)C1O.[Ac].[Ac]. The molecule has 0 aromatic heterocycles. The van der Waals surface area contributed by atoms with Crippen molar-refractivity contribution >= 4 is 0 Å². The van der Waals surface area contributed by atoms with Gasteiger partial charge in [-0.1, -0.05) is 0 Å². The van der Waals surface area contributed by atoms with Crippen molar-refractivity contribution in [2.45, 2.75) is 57.3 Å². The van der Waals surface area contributed by atoms with Crippen molar-refractivity contribution in [3.8, 4) is 0 Å². The maximum Gasteiger partial charge on any atom is 0.190 e. The summed E-state index contributed by atoms with van der Waals surface area (Å²) in [5.74, 6) is -0.764. The van der Waals surface area contributed by atoms with Crippen LogP contribution in [0.15, 0.2) is 0 Å². The molecule has 0 saturated carbocycles. The number of aliphatic hydroxyl groups is 2. The van der Waals surface area contributed by atoms with E-state index in [0.717, 1.165) is 0 Å². The van der Waals surface area contributed by atoms with E-state index in [-0.39, 0.29) is 88.1 Å². The van der Waals surface area contributed by atoms with Crippen LogP contribution in [0.3, 0.4) is 0 Å². The second-order valence-corrected chi connectivity index (χ2v) is 4.29. The molecule has 0 spiro atoms. The molecule has 2 N–H and O–H groups in total. The van der Waals surface area contributed by atoms with Gasteiger partial charge in [0.15, 0.2) is 12.1 Å². The summed E-state index contributed by atoms with van der Waals surface area (Å²) in [7, 11) is 0. The zero-order valence-electron chi connectivity index (χ0n) is 9.66. The van der Waals surface area contributed by atoms with E-state index in [2.05, 4.69) is 0 Å². The van der Waals surface area contributed by atoms with Gasteiger partial charge >= 0.3 is 0 Å².